The van der Waals surface area contributed by atoms with E-state index in [1.165, 1.54) is 12.1 Å². The molecule has 2 rings (SSSR count). The number of benzene rings is 1. The Kier molecular flexibility index (Phi) is 2.04. The zero-order chi connectivity index (χ0) is 9.42. The average Bonchev–Trinajstić information content (AvgIpc) is 2.91. The van der Waals surface area contributed by atoms with Crippen LogP contribution in [0.15, 0.2) is 18.2 Å². The van der Waals surface area contributed by atoms with Crippen LogP contribution in [0.1, 0.15) is 24.5 Å². The van der Waals surface area contributed by atoms with Gasteiger partial charge >= 0.3 is 0 Å². The third kappa shape index (κ3) is 1.56. The van der Waals surface area contributed by atoms with E-state index < -0.39 is 17.7 Å². The molecule has 0 amide bonds. The van der Waals surface area contributed by atoms with Crippen LogP contribution in [0.4, 0.5) is 8.78 Å². The average molecular weight is 184 g/mol. The molecule has 1 atom stereocenters. The van der Waals surface area contributed by atoms with Crippen molar-refractivity contribution < 1.29 is 13.9 Å². The number of rotatable bonds is 2. The van der Waals surface area contributed by atoms with Gasteiger partial charge in [0.1, 0.15) is 0 Å². The second-order valence-electron chi connectivity index (χ2n) is 3.43. The molecular weight excluding hydrogens is 174 g/mol. The van der Waals surface area contributed by atoms with Gasteiger partial charge in [-0.2, -0.15) is 0 Å². The molecule has 1 aromatic carbocycles. The first-order valence-electron chi connectivity index (χ1n) is 4.32. The van der Waals surface area contributed by atoms with Gasteiger partial charge in [-0.25, -0.2) is 8.78 Å². The van der Waals surface area contributed by atoms with E-state index in [4.69, 9.17) is 0 Å². The Balaban J connectivity index is 2.32. The minimum atomic E-state index is -0.915. The number of aliphatic hydroxyl groups excluding tert-OH is 1. The summed E-state index contributed by atoms with van der Waals surface area (Å²) in [5, 5.41) is 9.56. The molecule has 1 saturated carbocycles. The molecule has 1 unspecified atom stereocenters. The number of hydrogen-bond acceptors (Lipinski definition) is 1. The monoisotopic (exact) mass is 184 g/mol. The molecule has 0 bridgehead atoms. The summed E-state index contributed by atoms with van der Waals surface area (Å²) >= 11 is 0. The van der Waals surface area contributed by atoms with Crippen molar-refractivity contribution in [3.63, 3.8) is 0 Å². The van der Waals surface area contributed by atoms with Gasteiger partial charge in [-0.1, -0.05) is 12.1 Å². The first kappa shape index (κ1) is 8.63. The fourth-order valence-corrected chi connectivity index (χ4v) is 1.41. The van der Waals surface area contributed by atoms with E-state index in [2.05, 4.69) is 0 Å². The molecule has 1 aromatic rings. The summed E-state index contributed by atoms with van der Waals surface area (Å²) in [4.78, 5) is 0. The van der Waals surface area contributed by atoms with Gasteiger partial charge in [0.05, 0.1) is 6.10 Å². The molecule has 1 nitrogen and oxygen atoms in total. The van der Waals surface area contributed by atoms with Gasteiger partial charge in [-0.05, 0) is 24.8 Å². The third-order valence-electron chi connectivity index (χ3n) is 2.37. The highest BCUT2D eigenvalue weighted by atomic mass is 19.2. The van der Waals surface area contributed by atoms with Crippen molar-refractivity contribution in [3.05, 3.63) is 35.4 Å². The lowest BCUT2D eigenvalue weighted by Crippen LogP contribution is -2.03. The highest BCUT2D eigenvalue weighted by molar-refractivity contribution is 5.22. The smallest absolute Gasteiger partial charge is 0.164 e. The standard InChI is InChI=1S/C10H10F2O/c11-8-3-1-2-7(9(8)12)10(13)6-4-5-6/h1-3,6,10,13H,4-5H2. The third-order valence-corrected chi connectivity index (χ3v) is 2.37. The number of aliphatic hydroxyl groups is 1. The van der Waals surface area contributed by atoms with Crippen LogP contribution in [-0.2, 0) is 0 Å². The summed E-state index contributed by atoms with van der Waals surface area (Å²) in [6.07, 6.45) is 0.963. The summed E-state index contributed by atoms with van der Waals surface area (Å²) in [6, 6.07) is 3.90. The molecule has 0 aromatic heterocycles. The van der Waals surface area contributed by atoms with Crippen molar-refractivity contribution in [2.24, 2.45) is 5.92 Å². The van der Waals surface area contributed by atoms with Crippen LogP contribution in [-0.4, -0.2) is 5.11 Å². The van der Waals surface area contributed by atoms with Crippen molar-refractivity contribution in [1.29, 1.82) is 0 Å². The highest BCUT2D eigenvalue weighted by Gasteiger charge is 2.32. The van der Waals surface area contributed by atoms with Crippen LogP contribution in [0.3, 0.4) is 0 Å². The summed E-state index contributed by atoms with van der Waals surface area (Å²) in [6.45, 7) is 0. The Morgan fingerprint density at radius 3 is 2.62 bits per heavy atom. The van der Waals surface area contributed by atoms with E-state index in [1.54, 1.807) is 0 Å². The summed E-state index contributed by atoms with van der Waals surface area (Å²) < 4.78 is 25.8. The lowest BCUT2D eigenvalue weighted by atomic mass is 10.0. The fraction of sp³-hybridized carbons (Fsp3) is 0.400. The summed E-state index contributed by atoms with van der Waals surface area (Å²) in [5.41, 5.74) is 0.0856. The van der Waals surface area contributed by atoms with Gasteiger partial charge in [-0.3, -0.25) is 0 Å². The largest absolute Gasteiger partial charge is 0.388 e. The number of hydrogen-bond donors (Lipinski definition) is 1. The van der Waals surface area contributed by atoms with Crippen molar-refractivity contribution in [2.45, 2.75) is 18.9 Å². The molecule has 0 spiro atoms. The second kappa shape index (κ2) is 3.07. The van der Waals surface area contributed by atoms with E-state index in [0.29, 0.717) is 0 Å². The SMILES string of the molecule is OC(c1cccc(F)c1F)C1CC1. The predicted octanol–water partition coefficient (Wildman–Crippen LogP) is 2.41. The van der Waals surface area contributed by atoms with Crippen molar-refractivity contribution in [1.82, 2.24) is 0 Å². The van der Waals surface area contributed by atoms with Gasteiger partial charge in [-0.15, -0.1) is 0 Å². The van der Waals surface area contributed by atoms with Crippen LogP contribution >= 0.6 is 0 Å². The van der Waals surface area contributed by atoms with Crippen LogP contribution in [0.2, 0.25) is 0 Å². The molecule has 1 aliphatic carbocycles. The Hall–Kier alpha value is -0.960. The van der Waals surface area contributed by atoms with Crippen LogP contribution in [0.25, 0.3) is 0 Å². The molecule has 1 fully saturated rings. The fourth-order valence-electron chi connectivity index (χ4n) is 1.41. The topological polar surface area (TPSA) is 20.2 Å². The predicted molar refractivity (Wildman–Crippen MR) is 44.0 cm³/mol. The van der Waals surface area contributed by atoms with Crippen molar-refractivity contribution in [3.8, 4) is 0 Å². The van der Waals surface area contributed by atoms with E-state index in [9.17, 15) is 13.9 Å². The maximum atomic E-state index is 13.1. The molecule has 0 heterocycles. The molecule has 0 saturated heterocycles. The minimum Gasteiger partial charge on any atom is -0.388 e. The van der Waals surface area contributed by atoms with Crippen molar-refractivity contribution >= 4 is 0 Å². The zero-order valence-electron chi connectivity index (χ0n) is 7.00. The molecule has 0 aliphatic heterocycles. The Labute approximate surface area is 75.0 Å². The van der Waals surface area contributed by atoms with E-state index >= 15 is 0 Å². The lowest BCUT2D eigenvalue weighted by Gasteiger charge is -2.10. The van der Waals surface area contributed by atoms with Gasteiger partial charge in [0.25, 0.3) is 0 Å². The van der Waals surface area contributed by atoms with E-state index in [-0.39, 0.29) is 11.5 Å². The summed E-state index contributed by atoms with van der Waals surface area (Å²) in [7, 11) is 0. The van der Waals surface area contributed by atoms with Crippen molar-refractivity contribution in [2.75, 3.05) is 0 Å². The minimum absolute atomic E-state index is 0.0856. The maximum Gasteiger partial charge on any atom is 0.164 e. The quantitative estimate of drug-likeness (QED) is 0.748. The first-order chi connectivity index (χ1) is 6.20. The molecule has 70 valence electrons. The molecule has 1 N–H and O–H groups in total. The second-order valence-corrected chi connectivity index (χ2v) is 3.43. The highest BCUT2D eigenvalue weighted by Crippen LogP contribution is 2.41. The lowest BCUT2D eigenvalue weighted by molar-refractivity contribution is 0.148. The van der Waals surface area contributed by atoms with Crippen LogP contribution in [0.5, 0.6) is 0 Å². The van der Waals surface area contributed by atoms with Crippen LogP contribution < -0.4 is 0 Å². The molecule has 3 heteroatoms. The summed E-state index contributed by atoms with van der Waals surface area (Å²) in [5.74, 6) is -1.68. The van der Waals surface area contributed by atoms with Gasteiger partial charge in [0.15, 0.2) is 11.6 Å². The molecular formula is C10H10F2O. The molecule has 1 aliphatic rings. The molecule has 0 radical (unpaired) electrons. The Bertz CT molecular complexity index is 321. The van der Waals surface area contributed by atoms with Gasteiger partial charge in [0.2, 0.25) is 0 Å². The Morgan fingerprint density at radius 2 is 2.00 bits per heavy atom. The number of halogens is 2. The maximum absolute atomic E-state index is 13.1. The van der Waals surface area contributed by atoms with Gasteiger partial charge < -0.3 is 5.11 Å². The molecule has 13 heavy (non-hydrogen) atoms. The van der Waals surface area contributed by atoms with E-state index in [0.717, 1.165) is 18.9 Å². The van der Waals surface area contributed by atoms with E-state index in [1.807, 2.05) is 0 Å². The van der Waals surface area contributed by atoms with Gasteiger partial charge in [0, 0.05) is 5.56 Å². The Morgan fingerprint density at radius 1 is 1.31 bits per heavy atom. The normalized spacial score (nSPS) is 18.7. The zero-order valence-corrected chi connectivity index (χ0v) is 7.00. The van der Waals surface area contributed by atoms with Crippen LogP contribution in [0, 0.1) is 17.6 Å². The first-order valence-corrected chi connectivity index (χ1v) is 4.32.